The van der Waals surface area contributed by atoms with Gasteiger partial charge in [-0.15, -0.1) is 22.7 Å². The molecular weight excluding hydrogens is 358 g/mol. The molecule has 0 aliphatic carbocycles. The fraction of sp³-hybridized carbons (Fsp3) is 0.118. The Kier molecular flexibility index (Phi) is 3.98. The van der Waals surface area contributed by atoms with Crippen LogP contribution in [0.5, 0.6) is 0 Å². The Morgan fingerprint density at radius 2 is 2.12 bits per heavy atom. The van der Waals surface area contributed by atoms with Gasteiger partial charge in [0.1, 0.15) is 6.54 Å². The molecule has 0 unspecified atom stereocenters. The van der Waals surface area contributed by atoms with Crippen molar-refractivity contribution >= 4 is 44.8 Å². The van der Waals surface area contributed by atoms with E-state index in [1.807, 2.05) is 24.4 Å². The average molecular weight is 371 g/mol. The molecular formula is C17H13N3O3S2. The van der Waals surface area contributed by atoms with Gasteiger partial charge in [0, 0.05) is 10.3 Å². The monoisotopic (exact) mass is 371 g/mol. The van der Waals surface area contributed by atoms with Gasteiger partial charge >= 0.3 is 5.76 Å². The van der Waals surface area contributed by atoms with E-state index in [9.17, 15) is 9.59 Å². The van der Waals surface area contributed by atoms with Crippen molar-refractivity contribution < 1.29 is 9.21 Å². The summed E-state index contributed by atoms with van der Waals surface area (Å²) >= 11 is 3.01. The molecule has 0 atom stereocenters. The Hall–Kier alpha value is -2.71. The second-order valence-corrected chi connectivity index (χ2v) is 7.56. The molecule has 8 heteroatoms. The standard InChI is InChI=1S/C17H13N3O3S2/c1-10-6-7-14(25-10)11-9-24-16(18-11)19-15(21)8-20-12-4-2-3-5-13(12)23-17(20)22/h2-7,9H,8H2,1H3,(H,18,19,21). The lowest BCUT2D eigenvalue weighted by Gasteiger charge is -2.02. The molecule has 4 aromatic rings. The van der Waals surface area contributed by atoms with Gasteiger partial charge in [-0.05, 0) is 31.2 Å². The molecule has 4 rings (SSSR count). The second kappa shape index (κ2) is 6.30. The second-order valence-electron chi connectivity index (χ2n) is 5.42. The van der Waals surface area contributed by atoms with Crippen LogP contribution in [0.15, 0.2) is 51.0 Å². The number of thiophene rings is 1. The number of para-hydroxylation sites is 2. The molecule has 0 aliphatic heterocycles. The van der Waals surface area contributed by atoms with Gasteiger partial charge in [-0.1, -0.05) is 12.1 Å². The van der Waals surface area contributed by atoms with Gasteiger partial charge in [-0.25, -0.2) is 9.78 Å². The van der Waals surface area contributed by atoms with Crippen LogP contribution in [0.4, 0.5) is 5.13 Å². The summed E-state index contributed by atoms with van der Waals surface area (Å²) in [7, 11) is 0. The van der Waals surface area contributed by atoms with Gasteiger partial charge in [0.25, 0.3) is 0 Å². The molecule has 3 heterocycles. The predicted molar refractivity (Wildman–Crippen MR) is 99.3 cm³/mol. The minimum Gasteiger partial charge on any atom is -0.408 e. The van der Waals surface area contributed by atoms with Crippen molar-refractivity contribution in [3.8, 4) is 10.6 Å². The minimum absolute atomic E-state index is 0.122. The number of amides is 1. The van der Waals surface area contributed by atoms with E-state index in [0.29, 0.717) is 16.2 Å². The van der Waals surface area contributed by atoms with E-state index >= 15 is 0 Å². The number of hydrogen-bond acceptors (Lipinski definition) is 6. The molecule has 0 bridgehead atoms. The predicted octanol–water partition coefficient (Wildman–Crippen LogP) is 3.73. The van der Waals surface area contributed by atoms with Crippen molar-refractivity contribution in [3.63, 3.8) is 0 Å². The lowest BCUT2D eigenvalue weighted by molar-refractivity contribution is -0.116. The molecule has 1 amide bonds. The van der Waals surface area contributed by atoms with Gasteiger partial charge in [0.2, 0.25) is 5.91 Å². The zero-order valence-electron chi connectivity index (χ0n) is 13.2. The van der Waals surface area contributed by atoms with E-state index in [1.54, 1.807) is 35.6 Å². The van der Waals surface area contributed by atoms with Gasteiger partial charge < -0.3 is 9.73 Å². The molecule has 0 saturated heterocycles. The van der Waals surface area contributed by atoms with Crippen LogP contribution in [0.25, 0.3) is 21.7 Å². The van der Waals surface area contributed by atoms with E-state index in [4.69, 9.17) is 4.42 Å². The van der Waals surface area contributed by atoms with E-state index in [-0.39, 0.29) is 12.5 Å². The van der Waals surface area contributed by atoms with Gasteiger partial charge in [-0.2, -0.15) is 0 Å². The van der Waals surface area contributed by atoms with Crippen LogP contribution in [0.2, 0.25) is 0 Å². The van der Waals surface area contributed by atoms with Gasteiger partial charge in [-0.3, -0.25) is 9.36 Å². The van der Waals surface area contributed by atoms with Crippen LogP contribution in [-0.2, 0) is 11.3 Å². The minimum atomic E-state index is -0.551. The first-order valence-electron chi connectivity index (χ1n) is 7.51. The van der Waals surface area contributed by atoms with Gasteiger partial charge in [0.15, 0.2) is 10.7 Å². The van der Waals surface area contributed by atoms with Crippen molar-refractivity contribution in [2.24, 2.45) is 0 Å². The zero-order valence-corrected chi connectivity index (χ0v) is 14.8. The van der Waals surface area contributed by atoms with Gasteiger partial charge in [0.05, 0.1) is 16.1 Å². The van der Waals surface area contributed by atoms with E-state index in [0.717, 1.165) is 10.6 Å². The van der Waals surface area contributed by atoms with Crippen LogP contribution in [0.3, 0.4) is 0 Å². The van der Waals surface area contributed by atoms with E-state index in [2.05, 4.69) is 10.3 Å². The molecule has 1 aromatic carbocycles. The van der Waals surface area contributed by atoms with E-state index in [1.165, 1.54) is 20.8 Å². The number of oxazole rings is 1. The van der Waals surface area contributed by atoms with Crippen LogP contribution in [0, 0.1) is 6.92 Å². The summed E-state index contributed by atoms with van der Waals surface area (Å²) in [4.78, 5) is 30.9. The van der Waals surface area contributed by atoms with Crippen molar-refractivity contribution in [2.75, 3.05) is 5.32 Å². The summed E-state index contributed by atoms with van der Waals surface area (Å²) < 4.78 is 6.44. The average Bonchev–Trinajstić information content (AvgIpc) is 3.28. The van der Waals surface area contributed by atoms with E-state index < -0.39 is 5.76 Å². The fourth-order valence-corrected chi connectivity index (χ4v) is 4.11. The molecule has 25 heavy (non-hydrogen) atoms. The first-order valence-corrected chi connectivity index (χ1v) is 9.20. The molecule has 0 spiro atoms. The van der Waals surface area contributed by atoms with Crippen LogP contribution in [0.1, 0.15) is 4.88 Å². The first-order chi connectivity index (χ1) is 12.1. The SMILES string of the molecule is Cc1ccc(-c2csc(NC(=O)Cn3c(=O)oc4ccccc43)n2)s1. The number of hydrogen-bond donors (Lipinski definition) is 1. The Labute approximate surface area is 150 Å². The lowest BCUT2D eigenvalue weighted by atomic mass is 10.3. The Morgan fingerprint density at radius 1 is 1.28 bits per heavy atom. The third-order valence-corrected chi connectivity index (χ3v) is 5.40. The highest BCUT2D eigenvalue weighted by Crippen LogP contribution is 2.30. The maximum atomic E-state index is 12.3. The Bertz CT molecular complexity index is 1120. The number of nitrogens with one attached hydrogen (secondary N) is 1. The number of benzene rings is 1. The topological polar surface area (TPSA) is 77.1 Å². The zero-order chi connectivity index (χ0) is 17.4. The summed E-state index contributed by atoms with van der Waals surface area (Å²) in [5.41, 5.74) is 1.89. The largest absolute Gasteiger partial charge is 0.420 e. The molecule has 3 aromatic heterocycles. The highest BCUT2D eigenvalue weighted by molar-refractivity contribution is 7.17. The maximum absolute atomic E-state index is 12.3. The normalized spacial score (nSPS) is 11.1. The van der Waals surface area contributed by atoms with Crippen LogP contribution in [-0.4, -0.2) is 15.5 Å². The third-order valence-electron chi connectivity index (χ3n) is 3.62. The number of thiazole rings is 1. The molecule has 1 N–H and O–H groups in total. The number of aromatic nitrogens is 2. The quantitative estimate of drug-likeness (QED) is 0.593. The molecule has 0 radical (unpaired) electrons. The van der Waals surface area contributed by atoms with Crippen molar-refractivity contribution in [1.29, 1.82) is 0 Å². The number of nitrogens with zero attached hydrogens (tertiary/aromatic N) is 2. The molecule has 126 valence electrons. The summed E-state index contributed by atoms with van der Waals surface area (Å²) in [5, 5.41) is 5.15. The van der Waals surface area contributed by atoms with Crippen molar-refractivity contribution in [2.45, 2.75) is 13.5 Å². The van der Waals surface area contributed by atoms with Crippen LogP contribution >= 0.6 is 22.7 Å². The third kappa shape index (κ3) is 3.13. The summed E-state index contributed by atoms with van der Waals surface area (Å²) in [6, 6.07) is 11.1. The number of carbonyl (C=O) groups is 1. The highest BCUT2D eigenvalue weighted by Gasteiger charge is 2.14. The molecule has 0 fully saturated rings. The van der Waals surface area contributed by atoms with Crippen molar-refractivity contribution in [1.82, 2.24) is 9.55 Å². The highest BCUT2D eigenvalue weighted by atomic mass is 32.1. The maximum Gasteiger partial charge on any atom is 0.420 e. The number of carbonyl (C=O) groups excluding carboxylic acids is 1. The lowest BCUT2D eigenvalue weighted by Crippen LogP contribution is -2.24. The number of fused-ring (bicyclic) bond motifs is 1. The molecule has 0 saturated carbocycles. The van der Waals surface area contributed by atoms with Crippen LogP contribution < -0.4 is 11.1 Å². The molecule has 6 nitrogen and oxygen atoms in total. The molecule has 0 aliphatic rings. The number of anilines is 1. The Morgan fingerprint density at radius 3 is 2.92 bits per heavy atom. The number of aryl methyl sites for hydroxylation is 1. The summed E-state index contributed by atoms with van der Waals surface area (Å²) in [5.74, 6) is -0.873. The smallest absolute Gasteiger partial charge is 0.408 e. The number of rotatable bonds is 4. The Balaban J connectivity index is 1.52. The first kappa shape index (κ1) is 15.8. The van der Waals surface area contributed by atoms with Crippen molar-refractivity contribution in [3.05, 3.63) is 57.2 Å². The summed E-state index contributed by atoms with van der Waals surface area (Å²) in [6.45, 7) is 1.92. The fourth-order valence-electron chi connectivity index (χ4n) is 2.48. The summed E-state index contributed by atoms with van der Waals surface area (Å²) in [6.07, 6.45) is 0.